The van der Waals surface area contributed by atoms with Crippen LogP contribution in [-0.4, -0.2) is 28.1 Å². The number of carbonyl (C=O) groups is 2. The third-order valence-corrected chi connectivity index (χ3v) is 5.12. The molecule has 0 amide bonds. The van der Waals surface area contributed by atoms with Crippen molar-refractivity contribution in [1.82, 2.24) is 4.57 Å². The van der Waals surface area contributed by atoms with Gasteiger partial charge in [-0.05, 0) is 42.3 Å². The maximum Gasteiger partial charge on any atom is 0.395 e. The summed E-state index contributed by atoms with van der Waals surface area (Å²) >= 11 is 3.46. The van der Waals surface area contributed by atoms with Crippen LogP contribution in [-0.2, 0) is 17.8 Å². The minimum atomic E-state index is -1.44. The molecule has 0 unspecified atom stereocenters. The molecule has 5 nitrogen and oxygen atoms in total. The number of aliphatic carboxylic acids is 1. The fourth-order valence-electron chi connectivity index (χ4n) is 3.52. The summed E-state index contributed by atoms with van der Waals surface area (Å²) in [4.78, 5) is 25.9. The number of aromatic nitrogens is 1. The lowest BCUT2D eigenvalue weighted by Gasteiger charge is -2.30. The lowest BCUT2D eigenvalue weighted by molar-refractivity contribution is -0.132. The molecule has 6 heteroatoms. The number of anilines is 1. The lowest BCUT2D eigenvalue weighted by atomic mass is 10.0. The van der Waals surface area contributed by atoms with Gasteiger partial charge in [0.2, 0.25) is 0 Å². The summed E-state index contributed by atoms with van der Waals surface area (Å²) in [6.45, 7) is 1.33. The molecule has 0 bridgehead atoms. The van der Waals surface area contributed by atoms with Gasteiger partial charge in [-0.2, -0.15) is 0 Å². The van der Waals surface area contributed by atoms with E-state index in [-0.39, 0.29) is 0 Å². The van der Waals surface area contributed by atoms with E-state index in [1.165, 1.54) is 4.57 Å². The first-order valence-electron chi connectivity index (χ1n) is 7.95. The molecule has 25 heavy (non-hydrogen) atoms. The van der Waals surface area contributed by atoms with Crippen LogP contribution in [0.1, 0.15) is 16.1 Å². The van der Waals surface area contributed by atoms with E-state index in [1.54, 1.807) is 6.07 Å². The minimum Gasteiger partial charge on any atom is -0.474 e. The molecule has 0 spiro atoms. The Kier molecular flexibility index (Phi) is 3.84. The quantitative estimate of drug-likeness (QED) is 0.634. The third-order valence-electron chi connectivity index (χ3n) is 4.62. The Bertz CT molecular complexity index is 995. The molecule has 0 fully saturated rings. The Hall–Kier alpha value is -2.60. The molecule has 0 radical (unpaired) electrons. The zero-order valence-electron chi connectivity index (χ0n) is 13.3. The second-order valence-corrected chi connectivity index (χ2v) is 6.96. The van der Waals surface area contributed by atoms with Gasteiger partial charge >= 0.3 is 11.9 Å². The first-order valence-corrected chi connectivity index (χ1v) is 8.75. The highest BCUT2D eigenvalue weighted by Gasteiger charge is 2.29. The molecule has 2 aromatic carbocycles. The molecule has 2 heterocycles. The molecule has 1 aromatic heterocycles. The van der Waals surface area contributed by atoms with Crippen molar-refractivity contribution in [2.45, 2.75) is 13.0 Å². The summed E-state index contributed by atoms with van der Waals surface area (Å²) in [5.74, 6) is -2.36. The van der Waals surface area contributed by atoms with E-state index in [1.807, 2.05) is 42.5 Å². The molecule has 0 saturated carbocycles. The molecular formula is C19H15BrN2O3. The van der Waals surface area contributed by atoms with Crippen molar-refractivity contribution < 1.29 is 14.7 Å². The smallest absolute Gasteiger partial charge is 0.395 e. The number of para-hydroxylation sites is 1. The van der Waals surface area contributed by atoms with Gasteiger partial charge < -0.3 is 10.0 Å². The van der Waals surface area contributed by atoms with Gasteiger partial charge in [-0.3, -0.25) is 9.36 Å². The standard InChI is InChI=1S/C19H15BrN2O3/c20-12-6-7-16-15(10-12)14-8-9-21(13-4-2-1-3-5-13)11-17(14)22(16)18(23)19(24)25/h1-7,10H,8-9,11H2,(H,24,25). The number of nitrogens with zero attached hydrogens (tertiary/aromatic N) is 2. The molecule has 0 atom stereocenters. The van der Waals surface area contributed by atoms with Crippen molar-refractivity contribution in [2.75, 3.05) is 11.4 Å². The van der Waals surface area contributed by atoms with E-state index in [4.69, 9.17) is 0 Å². The Labute approximate surface area is 152 Å². The maximum absolute atomic E-state index is 12.4. The SMILES string of the molecule is O=C(O)C(=O)n1c2c(c3cc(Br)ccc31)CCN(c1ccccc1)C2. The van der Waals surface area contributed by atoms with Gasteiger partial charge in [0.25, 0.3) is 0 Å². The summed E-state index contributed by atoms with van der Waals surface area (Å²) in [5.41, 5.74) is 3.53. The van der Waals surface area contributed by atoms with Gasteiger partial charge in [0.05, 0.1) is 12.1 Å². The van der Waals surface area contributed by atoms with Crippen LogP contribution in [0.25, 0.3) is 10.9 Å². The molecular weight excluding hydrogens is 384 g/mol. The van der Waals surface area contributed by atoms with Crippen molar-refractivity contribution in [3.63, 3.8) is 0 Å². The zero-order chi connectivity index (χ0) is 17.6. The van der Waals surface area contributed by atoms with Gasteiger partial charge in [0.1, 0.15) is 0 Å². The number of carbonyl (C=O) groups excluding carboxylic acids is 1. The van der Waals surface area contributed by atoms with Crippen molar-refractivity contribution >= 4 is 44.4 Å². The zero-order valence-corrected chi connectivity index (χ0v) is 14.9. The number of benzene rings is 2. The summed E-state index contributed by atoms with van der Waals surface area (Å²) in [7, 11) is 0. The van der Waals surface area contributed by atoms with E-state index in [2.05, 4.69) is 20.8 Å². The number of carboxylic acids is 1. The van der Waals surface area contributed by atoms with Gasteiger partial charge in [0.15, 0.2) is 0 Å². The van der Waals surface area contributed by atoms with E-state index in [9.17, 15) is 14.7 Å². The highest BCUT2D eigenvalue weighted by Crippen LogP contribution is 2.34. The normalized spacial score (nSPS) is 13.7. The van der Waals surface area contributed by atoms with Crippen LogP contribution in [0.3, 0.4) is 0 Å². The summed E-state index contributed by atoms with van der Waals surface area (Å²) in [6, 6.07) is 15.5. The van der Waals surface area contributed by atoms with Gasteiger partial charge in [-0.15, -0.1) is 0 Å². The van der Waals surface area contributed by atoms with Gasteiger partial charge in [0, 0.05) is 27.8 Å². The Balaban J connectivity index is 1.89. The van der Waals surface area contributed by atoms with E-state index in [0.717, 1.165) is 39.8 Å². The number of rotatable bonds is 1. The van der Waals surface area contributed by atoms with E-state index < -0.39 is 11.9 Å². The molecule has 3 aromatic rings. The Morgan fingerprint density at radius 3 is 2.56 bits per heavy atom. The summed E-state index contributed by atoms with van der Waals surface area (Å²) < 4.78 is 2.27. The number of hydrogen-bond donors (Lipinski definition) is 1. The van der Waals surface area contributed by atoms with Crippen LogP contribution in [0.5, 0.6) is 0 Å². The fraction of sp³-hybridized carbons (Fsp3) is 0.158. The molecule has 1 aliphatic heterocycles. The summed E-state index contributed by atoms with van der Waals surface area (Å²) in [6.07, 6.45) is 0.761. The number of halogens is 1. The number of fused-ring (bicyclic) bond motifs is 3. The number of hydrogen-bond acceptors (Lipinski definition) is 3. The second-order valence-electron chi connectivity index (χ2n) is 6.04. The van der Waals surface area contributed by atoms with E-state index >= 15 is 0 Å². The Morgan fingerprint density at radius 1 is 1.08 bits per heavy atom. The molecule has 0 aliphatic carbocycles. The highest BCUT2D eigenvalue weighted by atomic mass is 79.9. The predicted octanol–water partition coefficient (Wildman–Crippen LogP) is 3.69. The van der Waals surface area contributed by atoms with Crippen LogP contribution >= 0.6 is 15.9 Å². The minimum absolute atomic E-state index is 0.505. The molecule has 1 N–H and O–H groups in total. The van der Waals surface area contributed by atoms with Crippen molar-refractivity contribution in [1.29, 1.82) is 0 Å². The van der Waals surface area contributed by atoms with Crippen LogP contribution in [0, 0.1) is 0 Å². The Morgan fingerprint density at radius 2 is 1.84 bits per heavy atom. The monoisotopic (exact) mass is 398 g/mol. The van der Waals surface area contributed by atoms with Gasteiger partial charge in [-0.1, -0.05) is 34.1 Å². The first-order chi connectivity index (χ1) is 12.1. The molecule has 1 aliphatic rings. The molecule has 0 saturated heterocycles. The number of carboxylic acid groups (broad SMARTS) is 1. The van der Waals surface area contributed by atoms with E-state index in [0.29, 0.717) is 12.1 Å². The first kappa shape index (κ1) is 15.9. The average Bonchev–Trinajstić information content (AvgIpc) is 2.94. The average molecular weight is 399 g/mol. The van der Waals surface area contributed by atoms with Crippen molar-refractivity contribution in [3.05, 3.63) is 64.3 Å². The highest BCUT2D eigenvalue weighted by molar-refractivity contribution is 9.10. The van der Waals surface area contributed by atoms with Crippen LogP contribution in [0.15, 0.2) is 53.0 Å². The largest absolute Gasteiger partial charge is 0.474 e. The lowest BCUT2D eigenvalue weighted by Crippen LogP contribution is -2.33. The maximum atomic E-state index is 12.4. The molecule has 4 rings (SSSR count). The second kappa shape index (κ2) is 6.04. The van der Waals surface area contributed by atoms with Crippen LogP contribution < -0.4 is 4.90 Å². The van der Waals surface area contributed by atoms with Crippen LogP contribution in [0.2, 0.25) is 0 Å². The van der Waals surface area contributed by atoms with Crippen molar-refractivity contribution in [3.8, 4) is 0 Å². The van der Waals surface area contributed by atoms with Crippen molar-refractivity contribution in [2.24, 2.45) is 0 Å². The summed E-state index contributed by atoms with van der Waals surface area (Å²) in [5, 5.41) is 10.2. The fourth-order valence-corrected chi connectivity index (χ4v) is 3.88. The third kappa shape index (κ3) is 2.62. The predicted molar refractivity (Wildman–Crippen MR) is 99.1 cm³/mol. The van der Waals surface area contributed by atoms with Crippen LogP contribution in [0.4, 0.5) is 5.69 Å². The van der Waals surface area contributed by atoms with Gasteiger partial charge in [-0.25, -0.2) is 4.79 Å². The topological polar surface area (TPSA) is 62.5 Å². The molecule has 126 valence electrons.